The fourth-order valence-corrected chi connectivity index (χ4v) is 3.85. The summed E-state index contributed by atoms with van der Waals surface area (Å²) in [6.45, 7) is 11.3. The third-order valence-corrected chi connectivity index (χ3v) is 6.09. The Bertz CT molecular complexity index is 859. The van der Waals surface area contributed by atoms with E-state index in [9.17, 15) is 24.3 Å². The highest BCUT2D eigenvalue weighted by atomic mass is 16.4. The van der Waals surface area contributed by atoms with E-state index in [1.54, 1.807) is 0 Å². The lowest BCUT2D eigenvalue weighted by atomic mass is 9.95. The lowest BCUT2D eigenvalue weighted by molar-refractivity contribution is -0.143. The van der Waals surface area contributed by atoms with Gasteiger partial charge in [-0.15, -0.1) is 0 Å². The highest BCUT2D eigenvalue weighted by Gasteiger charge is 2.33. The molecule has 1 aromatic carbocycles. The highest BCUT2D eigenvalue weighted by molar-refractivity contribution is 5.94. The number of rotatable bonds is 15. The van der Waals surface area contributed by atoms with Gasteiger partial charge in [0.15, 0.2) is 0 Å². The molecule has 9 heteroatoms. The first-order chi connectivity index (χ1) is 16.8. The van der Waals surface area contributed by atoms with Crippen molar-refractivity contribution in [2.75, 3.05) is 0 Å². The molecule has 6 N–H and O–H groups in total. The van der Waals surface area contributed by atoms with Gasteiger partial charge < -0.3 is 26.8 Å². The molecular weight excluding hydrogens is 460 g/mol. The van der Waals surface area contributed by atoms with E-state index < -0.39 is 47.9 Å². The van der Waals surface area contributed by atoms with Gasteiger partial charge in [-0.05, 0) is 42.6 Å². The molecule has 0 bridgehead atoms. The Labute approximate surface area is 215 Å². The minimum Gasteiger partial charge on any atom is -0.480 e. The summed E-state index contributed by atoms with van der Waals surface area (Å²) in [5, 5.41) is 17.6. The lowest BCUT2D eigenvalue weighted by Gasteiger charge is -2.29. The van der Waals surface area contributed by atoms with Crippen LogP contribution < -0.4 is 21.7 Å². The van der Waals surface area contributed by atoms with E-state index in [-0.39, 0.29) is 24.2 Å². The van der Waals surface area contributed by atoms with Gasteiger partial charge in [0.05, 0.1) is 6.04 Å². The molecule has 36 heavy (non-hydrogen) atoms. The van der Waals surface area contributed by atoms with Crippen molar-refractivity contribution < 1.29 is 24.3 Å². The van der Waals surface area contributed by atoms with E-state index in [1.165, 1.54) is 0 Å². The molecule has 3 amide bonds. The maximum Gasteiger partial charge on any atom is 0.326 e. The summed E-state index contributed by atoms with van der Waals surface area (Å²) in [4.78, 5) is 50.8. The number of carboxylic acid groups (broad SMARTS) is 1. The Morgan fingerprint density at radius 2 is 1.33 bits per heavy atom. The fourth-order valence-electron chi connectivity index (χ4n) is 3.85. The third kappa shape index (κ3) is 10.8. The van der Waals surface area contributed by atoms with E-state index in [2.05, 4.69) is 16.0 Å². The van der Waals surface area contributed by atoms with Crippen molar-refractivity contribution in [3.63, 3.8) is 0 Å². The molecule has 1 aromatic rings. The van der Waals surface area contributed by atoms with Crippen molar-refractivity contribution in [1.29, 1.82) is 0 Å². The Morgan fingerprint density at radius 1 is 0.806 bits per heavy atom. The second-order valence-electron chi connectivity index (χ2n) is 10.4. The molecule has 0 saturated heterocycles. The molecule has 9 nitrogen and oxygen atoms in total. The van der Waals surface area contributed by atoms with Crippen LogP contribution in [0.4, 0.5) is 0 Å². The molecule has 0 aromatic heterocycles. The molecule has 0 fully saturated rings. The van der Waals surface area contributed by atoms with E-state index in [1.807, 2.05) is 71.9 Å². The lowest BCUT2D eigenvalue weighted by Crippen LogP contribution is -2.59. The molecule has 0 saturated carbocycles. The third-order valence-electron chi connectivity index (χ3n) is 6.09. The number of nitrogens with one attached hydrogen (secondary N) is 3. The van der Waals surface area contributed by atoms with Gasteiger partial charge in [-0.3, -0.25) is 14.4 Å². The van der Waals surface area contributed by atoms with E-state index in [0.29, 0.717) is 19.3 Å². The summed E-state index contributed by atoms with van der Waals surface area (Å²) in [5.74, 6) is -2.73. The molecule has 202 valence electrons. The molecule has 5 unspecified atom stereocenters. The van der Waals surface area contributed by atoms with Crippen LogP contribution in [-0.4, -0.2) is 53.0 Å². The number of benzene rings is 1. The van der Waals surface area contributed by atoms with Gasteiger partial charge in [0.1, 0.15) is 18.1 Å². The average molecular weight is 505 g/mol. The van der Waals surface area contributed by atoms with Crippen LogP contribution in [0.2, 0.25) is 0 Å². The SMILES string of the molecule is CCC(C)C(NC(=O)C(CC(C)C)NC(=O)C(N)Cc1ccccc1)C(=O)NC(CC(C)C)C(=O)O. The van der Waals surface area contributed by atoms with E-state index in [0.717, 1.165) is 5.56 Å². The van der Waals surface area contributed by atoms with Crippen molar-refractivity contribution in [3.8, 4) is 0 Å². The molecule has 0 radical (unpaired) electrons. The zero-order valence-corrected chi connectivity index (χ0v) is 22.4. The number of carbonyl (C=O) groups is 4. The molecule has 5 atom stereocenters. The summed E-state index contributed by atoms with van der Waals surface area (Å²) >= 11 is 0. The number of carboxylic acids is 1. The second-order valence-corrected chi connectivity index (χ2v) is 10.4. The zero-order chi connectivity index (χ0) is 27.4. The monoisotopic (exact) mass is 504 g/mol. The van der Waals surface area contributed by atoms with E-state index >= 15 is 0 Å². The van der Waals surface area contributed by atoms with Crippen LogP contribution in [0.1, 0.15) is 66.4 Å². The van der Waals surface area contributed by atoms with Gasteiger partial charge in [0, 0.05) is 0 Å². The largest absolute Gasteiger partial charge is 0.480 e. The van der Waals surface area contributed by atoms with Gasteiger partial charge in [-0.25, -0.2) is 4.79 Å². The number of hydrogen-bond donors (Lipinski definition) is 5. The standard InChI is InChI=1S/C27H44N4O5/c1-7-18(6)23(26(34)30-22(27(35)36)14-17(4)5)31-25(33)21(13-16(2)3)29-24(32)20(28)15-19-11-9-8-10-12-19/h8-12,16-18,20-23H,7,13-15,28H2,1-6H3,(H,29,32)(H,30,34)(H,31,33)(H,35,36). The van der Waals surface area contributed by atoms with Crippen molar-refractivity contribution >= 4 is 23.7 Å². The van der Waals surface area contributed by atoms with Crippen LogP contribution in [0.3, 0.4) is 0 Å². The van der Waals surface area contributed by atoms with Crippen molar-refractivity contribution in [3.05, 3.63) is 35.9 Å². The number of amides is 3. The van der Waals surface area contributed by atoms with Crippen molar-refractivity contribution in [2.24, 2.45) is 23.5 Å². The van der Waals surface area contributed by atoms with Crippen LogP contribution in [-0.2, 0) is 25.6 Å². The van der Waals surface area contributed by atoms with E-state index in [4.69, 9.17) is 5.73 Å². The van der Waals surface area contributed by atoms with Crippen LogP contribution >= 0.6 is 0 Å². The maximum atomic E-state index is 13.3. The van der Waals surface area contributed by atoms with Gasteiger partial charge in [-0.1, -0.05) is 78.3 Å². The molecule has 0 spiro atoms. The normalized spacial score (nSPS) is 15.5. The number of nitrogens with two attached hydrogens (primary N) is 1. The predicted molar refractivity (Wildman–Crippen MR) is 140 cm³/mol. The second kappa shape index (κ2) is 15.2. The number of hydrogen-bond acceptors (Lipinski definition) is 5. The number of aliphatic carboxylic acids is 1. The summed E-state index contributed by atoms with van der Waals surface area (Å²) in [6.07, 6.45) is 1.54. The van der Waals surface area contributed by atoms with Crippen LogP contribution in [0.15, 0.2) is 30.3 Å². The Hall–Kier alpha value is -2.94. The molecule has 1 rings (SSSR count). The van der Waals surface area contributed by atoms with Crippen molar-refractivity contribution in [2.45, 2.75) is 91.4 Å². The minimum absolute atomic E-state index is 0.0637. The highest BCUT2D eigenvalue weighted by Crippen LogP contribution is 2.13. The summed E-state index contributed by atoms with van der Waals surface area (Å²) in [6, 6.07) is 5.65. The van der Waals surface area contributed by atoms with Gasteiger partial charge >= 0.3 is 5.97 Å². The first-order valence-electron chi connectivity index (χ1n) is 12.8. The summed E-state index contributed by atoms with van der Waals surface area (Å²) in [5.41, 5.74) is 7.02. The topological polar surface area (TPSA) is 151 Å². The molecule has 0 aliphatic carbocycles. The first kappa shape index (κ1) is 31.1. The molecule has 0 heterocycles. The number of carbonyl (C=O) groups excluding carboxylic acids is 3. The van der Waals surface area contributed by atoms with Crippen LogP contribution in [0.25, 0.3) is 0 Å². The van der Waals surface area contributed by atoms with Gasteiger partial charge in [-0.2, -0.15) is 0 Å². The van der Waals surface area contributed by atoms with Gasteiger partial charge in [0.25, 0.3) is 0 Å². The van der Waals surface area contributed by atoms with Gasteiger partial charge in [0.2, 0.25) is 17.7 Å². The summed E-state index contributed by atoms with van der Waals surface area (Å²) < 4.78 is 0. The zero-order valence-electron chi connectivity index (χ0n) is 22.4. The predicted octanol–water partition coefficient (Wildman–Crippen LogP) is 2.23. The smallest absolute Gasteiger partial charge is 0.326 e. The fraction of sp³-hybridized carbons (Fsp3) is 0.630. The molecular formula is C27H44N4O5. The minimum atomic E-state index is -1.12. The van der Waals surface area contributed by atoms with Crippen molar-refractivity contribution in [1.82, 2.24) is 16.0 Å². The van der Waals surface area contributed by atoms with Crippen LogP contribution in [0.5, 0.6) is 0 Å². The molecule has 0 aliphatic heterocycles. The van der Waals surface area contributed by atoms with Crippen LogP contribution in [0, 0.1) is 17.8 Å². The average Bonchev–Trinajstić information content (AvgIpc) is 2.80. The molecule has 0 aliphatic rings. The Kier molecular flexibility index (Phi) is 13.2. The quantitative estimate of drug-likeness (QED) is 0.247. The Balaban J connectivity index is 2.98. The first-order valence-corrected chi connectivity index (χ1v) is 12.8. The maximum absolute atomic E-state index is 13.3. The Morgan fingerprint density at radius 3 is 1.83 bits per heavy atom. The summed E-state index contributed by atoms with van der Waals surface area (Å²) in [7, 11) is 0.